The number of aromatic nitrogens is 1. The normalized spacial score (nSPS) is 12.7. The van der Waals surface area contributed by atoms with Gasteiger partial charge in [-0.1, -0.05) is 6.07 Å². The van der Waals surface area contributed by atoms with Crippen LogP contribution in [0.1, 0.15) is 23.0 Å². The van der Waals surface area contributed by atoms with Crippen molar-refractivity contribution in [3.05, 3.63) is 53.7 Å². The summed E-state index contributed by atoms with van der Waals surface area (Å²) in [6, 6.07) is 12.4. The molecule has 1 aliphatic rings. The third kappa shape index (κ3) is 5.33. The Bertz CT molecular complexity index is 1160. The molecule has 1 aliphatic heterocycles. The van der Waals surface area contributed by atoms with E-state index in [0.717, 1.165) is 16.6 Å². The first-order valence-corrected chi connectivity index (χ1v) is 9.91. The van der Waals surface area contributed by atoms with E-state index in [1.807, 2.05) is 38.1 Å². The molecule has 32 heavy (non-hydrogen) atoms. The van der Waals surface area contributed by atoms with Crippen molar-refractivity contribution >= 4 is 28.6 Å². The van der Waals surface area contributed by atoms with E-state index in [1.165, 1.54) is 0 Å². The highest BCUT2D eigenvalue weighted by Crippen LogP contribution is 2.31. The van der Waals surface area contributed by atoms with Crippen LogP contribution in [0.2, 0.25) is 0 Å². The summed E-state index contributed by atoms with van der Waals surface area (Å²) in [4.78, 5) is 33.3. The minimum absolute atomic E-state index is 0.201. The van der Waals surface area contributed by atoms with Gasteiger partial charge in [0.25, 0.3) is 5.91 Å². The van der Waals surface area contributed by atoms with Crippen molar-refractivity contribution in [1.82, 2.24) is 10.3 Å². The summed E-state index contributed by atoms with van der Waals surface area (Å²) in [5.74, 6) is 1.68. The molecule has 0 aliphatic carbocycles. The van der Waals surface area contributed by atoms with E-state index in [1.54, 1.807) is 18.2 Å². The SMILES string of the molecule is Cc1cc(N)c2c(OC[C@H](C)NC(=O)c3ccc4c(c3)OCCO4)cccc2n1.O=C=O. The minimum Gasteiger partial charge on any atom is -0.491 e. The van der Waals surface area contributed by atoms with Crippen LogP contribution in [0.4, 0.5) is 5.69 Å². The van der Waals surface area contributed by atoms with Gasteiger partial charge in [-0.15, -0.1) is 0 Å². The van der Waals surface area contributed by atoms with Crippen molar-refractivity contribution < 1.29 is 28.6 Å². The van der Waals surface area contributed by atoms with E-state index in [4.69, 9.17) is 29.5 Å². The number of rotatable bonds is 5. The monoisotopic (exact) mass is 437 g/mol. The van der Waals surface area contributed by atoms with Crippen LogP contribution in [0.25, 0.3) is 10.9 Å². The Morgan fingerprint density at radius 2 is 1.91 bits per heavy atom. The van der Waals surface area contributed by atoms with E-state index < -0.39 is 0 Å². The zero-order valence-electron chi connectivity index (χ0n) is 17.7. The maximum Gasteiger partial charge on any atom is 0.373 e. The fourth-order valence-corrected chi connectivity index (χ4v) is 3.29. The van der Waals surface area contributed by atoms with Crippen LogP contribution in [-0.4, -0.2) is 42.9 Å². The van der Waals surface area contributed by atoms with E-state index in [2.05, 4.69) is 10.3 Å². The maximum atomic E-state index is 12.6. The van der Waals surface area contributed by atoms with Crippen molar-refractivity contribution in [3.8, 4) is 17.2 Å². The molecule has 0 saturated heterocycles. The Balaban J connectivity index is 0.000000913. The minimum atomic E-state index is -0.217. The van der Waals surface area contributed by atoms with E-state index >= 15 is 0 Å². The smallest absolute Gasteiger partial charge is 0.373 e. The third-order valence-corrected chi connectivity index (χ3v) is 4.62. The molecule has 9 heteroatoms. The van der Waals surface area contributed by atoms with Crippen LogP contribution >= 0.6 is 0 Å². The number of nitrogen functional groups attached to an aromatic ring is 1. The maximum absolute atomic E-state index is 12.6. The molecule has 0 fully saturated rings. The van der Waals surface area contributed by atoms with Gasteiger partial charge in [0.1, 0.15) is 25.6 Å². The summed E-state index contributed by atoms with van der Waals surface area (Å²) in [7, 11) is 0. The topological polar surface area (TPSA) is 130 Å². The van der Waals surface area contributed by atoms with Gasteiger partial charge in [-0.05, 0) is 50.2 Å². The van der Waals surface area contributed by atoms with E-state index in [9.17, 15) is 4.79 Å². The van der Waals surface area contributed by atoms with Crippen LogP contribution in [0.15, 0.2) is 42.5 Å². The second-order valence-corrected chi connectivity index (χ2v) is 7.13. The fraction of sp³-hybridized carbons (Fsp3) is 0.261. The number of benzene rings is 2. The predicted octanol–water partition coefficient (Wildman–Crippen LogP) is 2.51. The number of fused-ring (bicyclic) bond motifs is 2. The van der Waals surface area contributed by atoms with Crippen molar-refractivity contribution in [3.63, 3.8) is 0 Å². The van der Waals surface area contributed by atoms with Crippen LogP contribution in [0.3, 0.4) is 0 Å². The lowest BCUT2D eigenvalue weighted by molar-refractivity contribution is -0.191. The number of anilines is 1. The first kappa shape index (κ1) is 22.6. The number of hydrogen-bond acceptors (Lipinski definition) is 8. The van der Waals surface area contributed by atoms with Gasteiger partial charge in [0.05, 0.1) is 16.9 Å². The Morgan fingerprint density at radius 3 is 2.66 bits per heavy atom. The van der Waals surface area contributed by atoms with Gasteiger partial charge in [0, 0.05) is 16.9 Å². The second-order valence-electron chi connectivity index (χ2n) is 7.13. The van der Waals surface area contributed by atoms with Gasteiger partial charge >= 0.3 is 6.15 Å². The standard InChI is InChI=1S/C22H23N3O4.CO2/c1-13-10-16(23)21-17(24-13)4-3-5-19(21)29-12-14(2)25-22(26)15-6-7-18-20(11-15)28-9-8-27-18;2-1-3/h3-7,10-11,14H,8-9,12H2,1-2H3,(H2,23,24)(H,25,26);/t14-;/m0./s1. The molecular formula is C23H23N3O6. The Morgan fingerprint density at radius 1 is 1.19 bits per heavy atom. The molecule has 2 heterocycles. The lowest BCUT2D eigenvalue weighted by Gasteiger charge is -2.20. The molecule has 2 aromatic carbocycles. The number of hydrogen-bond donors (Lipinski definition) is 2. The zero-order chi connectivity index (χ0) is 23.1. The zero-order valence-corrected chi connectivity index (χ0v) is 17.7. The number of aryl methyl sites for hydroxylation is 1. The van der Waals surface area contributed by atoms with Gasteiger partial charge in [-0.3, -0.25) is 9.78 Å². The molecule has 4 rings (SSSR count). The van der Waals surface area contributed by atoms with Gasteiger partial charge in [0.2, 0.25) is 0 Å². The highest BCUT2D eigenvalue weighted by Gasteiger charge is 2.17. The molecule has 3 N–H and O–H groups in total. The number of nitrogens with one attached hydrogen (secondary N) is 1. The quantitative estimate of drug-likeness (QED) is 0.623. The molecule has 1 atom stereocenters. The first-order chi connectivity index (χ1) is 15.4. The number of carbonyl (C=O) groups is 1. The number of nitrogens with zero attached hydrogens (tertiary/aromatic N) is 1. The fourth-order valence-electron chi connectivity index (χ4n) is 3.29. The van der Waals surface area contributed by atoms with Crippen molar-refractivity contribution in [2.45, 2.75) is 19.9 Å². The van der Waals surface area contributed by atoms with Gasteiger partial charge in [0.15, 0.2) is 11.5 Å². The molecule has 0 radical (unpaired) electrons. The molecule has 0 spiro atoms. The van der Waals surface area contributed by atoms with E-state index in [0.29, 0.717) is 48.3 Å². The Labute approximate surface area is 184 Å². The molecule has 166 valence electrons. The average molecular weight is 437 g/mol. The van der Waals surface area contributed by atoms with Gasteiger partial charge < -0.3 is 25.3 Å². The number of pyridine rings is 1. The van der Waals surface area contributed by atoms with Gasteiger partial charge in [-0.2, -0.15) is 9.59 Å². The molecule has 0 saturated carbocycles. The van der Waals surface area contributed by atoms with Crippen LogP contribution < -0.4 is 25.3 Å². The van der Waals surface area contributed by atoms with Crippen molar-refractivity contribution in [1.29, 1.82) is 0 Å². The number of amides is 1. The molecule has 3 aromatic rings. The summed E-state index contributed by atoms with van der Waals surface area (Å²) >= 11 is 0. The Kier molecular flexibility index (Phi) is 7.25. The first-order valence-electron chi connectivity index (χ1n) is 9.91. The highest BCUT2D eigenvalue weighted by molar-refractivity contribution is 5.96. The lowest BCUT2D eigenvalue weighted by Crippen LogP contribution is -2.36. The summed E-state index contributed by atoms with van der Waals surface area (Å²) in [5.41, 5.74) is 8.93. The highest BCUT2D eigenvalue weighted by atomic mass is 16.6. The molecule has 0 bridgehead atoms. The Hall–Kier alpha value is -4.10. The molecule has 0 unspecified atom stereocenters. The molecule has 1 aromatic heterocycles. The predicted molar refractivity (Wildman–Crippen MR) is 116 cm³/mol. The average Bonchev–Trinajstić information content (AvgIpc) is 2.77. The van der Waals surface area contributed by atoms with E-state index in [-0.39, 0.29) is 18.1 Å². The second kappa shape index (κ2) is 10.3. The third-order valence-electron chi connectivity index (χ3n) is 4.62. The molecular weight excluding hydrogens is 414 g/mol. The van der Waals surface area contributed by atoms with Crippen molar-refractivity contribution in [2.24, 2.45) is 0 Å². The number of carbonyl (C=O) groups excluding carboxylic acids is 3. The van der Waals surface area contributed by atoms with Crippen LogP contribution in [0.5, 0.6) is 17.2 Å². The largest absolute Gasteiger partial charge is 0.491 e. The number of ether oxygens (including phenoxy) is 3. The van der Waals surface area contributed by atoms with Crippen LogP contribution in [-0.2, 0) is 9.59 Å². The lowest BCUT2D eigenvalue weighted by atomic mass is 10.1. The summed E-state index contributed by atoms with van der Waals surface area (Å²) in [5, 5.41) is 3.72. The number of nitrogens with two attached hydrogens (primary N) is 1. The van der Waals surface area contributed by atoms with Crippen LogP contribution in [0, 0.1) is 6.92 Å². The van der Waals surface area contributed by atoms with Crippen molar-refractivity contribution in [2.75, 3.05) is 25.6 Å². The van der Waals surface area contributed by atoms with Gasteiger partial charge in [-0.25, -0.2) is 0 Å². The molecule has 1 amide bonds. The summed E-state index contributed by atoms with van der Waals surface area (Å²) in [6.45, 7) is 5.07. The summed E-state index contributed by atoms with van der Waals surface area (Å²) in [6.07, 6.45) is 0.250. The molecule has 9 nitrogen and oxygen atoms in total. The summed E-state index contributed by atoms with van der Waals surface area (Å²) < 4.78 is 17.0.